The molecule has 3 aromatic carbocycles. The van der Waals surface area contributed by atoms with Gasteiger partial charge in [0.1, 0.15) is 0 Å². The minimum atomic E-state index is 0.709. The van der Waals surface area contributed by atoms with Gasteiger partial charge in [0.05, 0.1) is 11.6 Å². The maximum Gasteiger partial charge on any atom is 0.0991 e. The molecule has 0 aliphatic rings. The molecule has 0 N–H and O–H groups in total. The highest BCUT2D eigenvalue weighted by molar-refractivity contribution is 7.98. The van der Waals surface area contributed by atoms with Crippen LogP contribution in [0.15, 0.2) is 77.7 Å². The summed E-state index contributed by atoms with van der Waals surface area (Å²) >= 11 is 1.82. The van der Waals surface area contributed by atoms with Gasteiger partial charge in [0.15, 0.2) is 0 Å². The van der Waals surface area contributed by atoms with E-state index >= 15 is 0 Å². The Labute approximate surface area is 141 Å². The molecular weight excluding hydrogens is 298 g/mol. The zero-order chi connectivity index (χ0) is 16.1. The Kier molecular flexibility index (Phi) is 4.80. The fourth-order valence-corrected chi connectivity index (χ4v) is 3.35. The van der Waals surface area contributed by atoms with Crippen molar-refractivity contribution in [1.82, 2.24) is 0 Å². The van der Waals surface area contributed by atoms with Crippen LogP contribution >= 0.6 is 11.8 Å². The van der Waals surface area contributed by atoms with Crippen LogP contribution in [-0.2, 0) is 5.75 Å². The summed E-state index contributed by atoms with van der Waals surface area (Å²) in [4.78, 5) is 1.26. The minimum absolute atomic E-state index is 0.709. The van der Waals surface area contributed by atoms with Gasteiger partial charge in [-0.05, 0) is 53.4 Å². The third kappa shape index (κ3) is 3.83. The molecule has 0 saturated carbocycles. The predicted octanol–water partition coefficient (Wildman–Crippen LogP) is 5.83. The van der Waals surface area contributed by atoms with Gasteiger partial charge >= 0.3 is 0 Å². The molecule has 0 aliphatic carbocycles. The Morgan fingerprint density at radius 2 is 1.65 bits per heavy atom. The third-order valence-corrected chi connectivity index (χ3v) is 4.85. The zero-order valence-corrected chi connectivity index (χ0v) is 13.8. The number of nitriles is 1. The van der Waals surface area contributed by atoms with Crippen LogP contribution in [0.5, 0.6) is 0 Å². The van der Waals surface area contributed by atoms with Gasteiger partial charge in [-0.25, -0.2) is 0 Å². The number of aryl methyl sites for hydroxylation is 1. The molecule has 0 atom stereocenters. The molecule has 0 saturated heterocycles. The van der Waals surface area contributed by atoms with Crippen molar-refractivity contribution in [1.29, 1.82) is 5.26 Å². The van der Waals surface area contributed by atoms with Gasteiger partial charge in [-0.1, -0.05) is 48.5 Å². The summed E-state index contributed by atoms with van der Waals surface area (Å²) < 4.78 is 0. The van der Waals surface area contributed by atoms with Crippen molar-refractivity contribution in [2.24, 2.45) is 0 Å². The van der Waals surface area contributed by atoms with Crippen LogP contribution in [0, 0.1) is 18.3 Å². The molecule has 1 nitrogen and oxygen atoms in total. The van der Waals surface area contributed by atoms with E-state index in [9.17, 15) is 0 Å². The van der Waals surface area contributed by atoms with Crippen LogP contribution < -0.4 is 0 Å². The Morgan fingerprint density at radius 1 is 0.913 bits per heavy atom. The van der Waals surface area contributed by atoms with E-state index in [1.165, 1.54) is 27.1 Å². The topological polar surface area (TPSA) is 23.8 Å². The van der Waals surface area contributed by atoms with Crippen LogP contribution in [0.3, 0.4) is 0 Å². The lowest BCUT2D eigenvalue weighted by Crippen LogP contribution is -1.86. The fourth-order valence-electron chi connectivity index (χ4n) is 2.46. The number of hydrogen-bond acceptors (Lipinski definition) is 2. The molecule has 0 unspecified atom stereocenters. The van der Waals surface area contributed by atoms with E-state index in [1.807, 2.05) is 42.1 Å². The van der Waals surface area contributed by atoms with E-state index in [2.05, 4.69) is 55.5 Å². The van der Waals surface area contributed by atoms with Crippen molar-refractivity contribution in [3.05, 3.63) is 89.5 Å². The monoisotopic (exact) mass is 315 g/mol. The molecule has 2 heteroatoms. The average molecular weight is 315 g/mol. The first-order chi connectivity index (χ1) is 11.3. The van der Waals surface area contributed by atoms with E-state index in [0.29, 0.717) is 5.56 Å². The molecule has 23 heavy (non-hydrogen) atoms. The van der Waals surface area contributed by atoms with Crippen molar-refractivity contribution in [2.45, 2.75) is 17.6 Å². The van der Waals surface area contributed by atoms with Gasteiger partial charge in [-0.2, -0.15) is 5.26 Å². The van der Waals surface area contributed by atoms with Crippen molar-refractivity contribution in [3.63, 3.8) is 0 Å². The van der Waals surface area contributed by atoms with Gasteiger partial charge < -0.3 is 0 Å². The molecule has 0 fully saturated rings. The van der Waals surface area contributed by atoms with Crippen molar-refractivity contribution < 1.29 is 0 Å². The van der Waals surface area contributed by atoms with Gasteiger partial charge in [0.25, 0.3) is 0 Å². The van der Waals surface area contributed by atoms with Crippen molar-refractivity contribution >= 4 is 11.8 Å². The molecular formula is C21H17NS. The standard InChI is InChI=1S/C21H17NS/c1-16-7-12-20(13-21(16)19-5-3-2-4-6-19)23-15-18-10-8-17(14-22)9-11-18/h2-13H,15H2,1H3. The van der Waals surface area contributed by atoms with E-state index in [0.717, 1.165) is 5.75 Å². The summed E-state index contributed by atoms with van der Waals surface area (Å²) in [6, 6.07) is 27.1. The Morgan fingerprint density at radius 3 is 2.35 bits per heavy atom. The lowest BCUT2D eigenvalue weighted by atomic mass is 10.0. The Bertz CT molecular complexity index is 830. The number of thioether (sulfide) groups is 1. The molecule has 0 amide bonds. The number of nitrogens with zero attached hydrogens (tertiary/aromatic N) is 1. The molecule has 0 aromatic heterocycles. The maximum atomic E-state index is 8.85. The van der Waals surface area contributed by atoms with Gasteiger partial charge in [0.2, 0.25) is 0 Å². The second kappa shape index (κ2) is 7.17. The van der Waals surface area contributed by atoms with Crippen LogP contribution in [0.1, 0.15) is 16.7 Å². The second-order valence-electron chi connectivity index (χ2n) is 5.44. The second-order valence-corrected chi connectivity index (χ2v) is 6.49. The molecule has 0 bridgehead atoms. The number of benzene rings is 3. The van der Waals surface area contributed by atoms with Gasteiger partial charge in [-0.15, -0.1) is 11.8 Å². The third-order valence-electron chi connectivity index (χ3n) is 3.78. The minimum Gasteiger partial charge on any atom is -0.192 e. The molecule has 0 aliphatic heterocycles. The largest absolute Gasteiger partial charge is 0.192 e. The average Bonchev–Trinajstić information content (AvgIpc) is 2.62. The van der Waals surface area contributed by atoms with Crippen LogP contribution in [-0.4, -0.2) is 0 Å². The normalized spacial score (nSPS) is 10.3. The molecule has 3 aromatic rings. The van der Waals surface area contributed by atoms with Crippen LogP contribution in [0.2, 0.25) is 0 Å². The van der Waals surface area contributed by atoms with E-state index in [-0.39, 0.29) is 0 Å². The number of rotatable bonds is 4. The molecule has 112 valence electrons. The summed E-state index contributed by atoms with van der Waals surface area (Å²) in [6.45, 7) is 2.15. The van der Waals surface area contributed by atoms with Gasteiger partial charge in [0, 0.05) is 10.6 Å². The smallest absolute Gasteiger partial charge is 0.0991 e. The molecule has 0 spiro atoms. The summed E-state index contributed by atoms with van der Waals surface area (Å²) in [5.74, 6) is 0.906. The first kappa shape index (κ1) is 15.4. The highest BCUT2D eigenvalue weighted by Crippen LogP contribution is 2.30. The van der Waals surface area contributed by atoms with Crippen molar-refractivity contribution in [2.75, 3.05) is 0 Å². The summed E-state index contributed by atoms with van der Waals surface area (Å²) in [5.41, 5.74) is 5.77. The lowest BCUT2D eigenvalue weighted by molar-refractivity contribution is 1.34. The van der Waals surface area contributed by atoms with Gasteiger partial charge in [-0.3, -0.25) is 0 Å². The predicted molar refractivity (Wildman–Crippen MR) is 97.3 cm³/mol. The molecule has 0 radical (unpaired) electrons. The Hall–Kier alpha value is -2.50. The van der Waals surface area contributed by atoms with Crippen LogP contribution in [0.25, 0.3) is 11.1 Å². The van der Waals surface area contributed by atoms with E-state index < -0.39 is 0 Å². The first-order valence-corrected chi connectivity index (χ1v) is 8.53. The fraction of sp³-hybridized carbons (Fsp3) is 0.0952. The highest BCUT2D eigenvalue weighted by atomic mass is 32.2. The molecule has 3 rings (SSSR count). The lowest BCUT2D eigenvalue weighted by Gasteiger charge is -2.09. The highest BCUT2D eigenvalue weighted by Gasteiger charge is 2.04. The van der Waals surface area contributed by atoms with Crippen molar-refractivity contribution in [3.8, 4) is 17.2 Å². The maximum absolute atomic E-state index is 8.85. The SMILES string of the molecule is Cc1ccc(SCc2ccc(C#N)cc2)cc1-c1ccccc1. The summed E-state index contributed by atoms with van der Waals surface area (Å²) in [7, 11) is 0. The quantitative estimate of drug-likeness (QED) is 0.566. The van der Waals surface area contributed by atoms with E-state index in [1.54, 1.807) is 0 Å². The number of hydrogen-bond donors (Lipinski definition) is 0. The summed E-state index contributed by atoms with van der Waals surface area (Å²) in [6.07, 6.45) is 0. The molecule has 0 heterocycles. The van der Waals surface area contributed by atoms with Crippen LogP contribution in [0.4, 0.5) is 0 Å². The zero-order valence-electron chi connectivity index (χ0n) is 13.0. The first-order valence-electron chi connectivity index (χ1n) is 7.54. The van der Waals surface area contributed by atoms with E-state index in [4.69, 9.17) is 5.26 Å². The Balaban J connectivity index is 1.77. The summed E-state index contributed by atoms with van der Waals surface area (Å²) in [5, 5.41) is 8.85.